The van der Waals surface area contributed by atoms with Gasteiger partial charge in [-0.15, -0.1) is 0 Å². The molecule has 0 heterocycles. The molecule has 5 saturated carbocycles. The quantitative estimate of drug-likeness (QED) is 0.143. The van der Waals surface area contributed by atoms with Gasteiger partial charge in [0.1, 0.15) is 0 Å². The van der Waals surface area contributed by atoms with Gasteiger partial charge >= 0.3 is 0 Å². The highest BCUT2D eigenvalue weighted by atomic mass is 15.1. The first-order valence-electron chi connectivity index (χ1n) is 24.2. The maximum atomic E-state index is 2.58. The summed E-state index contributed by atoms with van der Waals surface area (Å²) in [5, 5.41) is 0. The Balaban J connectivity index is 0.972. The highest BCUT2D eigenvalue weighted by molar-refractivity contribution is 5.90. The first kappa shape index (κ1) is 38.8. The fraction of sp³-hybridized carbons (Fsp3) is 0.311. The summed E-state index contributed by atoms with van der Waals surface area (Å²) in [6.45, 7) is 4.85. The van der Waals surface area contributed by atoms with Crippen LogP contribution in [0.5, 0.6) is 0 Å². The highest BCUT2D eigenvalue weighted by Crippen LogP contribution is 2.65. The zero-order chi connectivity index (χ0) is 42.1. The van der Waals surface area contributed by atoms with Crippen LogP contribution < -0.4 is 9.80 Å². The average molecular weight is 821 g/mol. The van der Waals surface area contributed by atoms with Crippen LogP contribution in [0.15, 0.2) is 176 Å². The third-order valence-electron chi connectivity index (χ3n) is 16.7. The van der Waals surface area contributed by atoms with E-state index in [1.54, 1.807) is 0 Å². The van der Waals surface area contributed by atoms with Gasteiger partial charge in [-0.1, -0.05) is 142 Å². The summed E-state index contributed by atoms with van der Waals surface area (Å²) in [5.74, 6) is 3.76. The summed E-state index contributed by atoms with van der Waals surface area (Å²) in [7, 11) is 0. The zero-order valence-electron chi connectivity index (χ0n) is 37.1. The maximum Gasteiger partial charge on any atom is 0.0508 e. The molecule has 13 rings (SSSR count). The molecule has 0 aromatic heterocycles. The van der Waals surface area contributed by atoms with E-state index in [1.807, 2.05) is 0 Å². The minimum absolute atomic E-state index is 0.00108. The summed E-state index contributed by atoms with van der Waals surface area (Å²) in [6.07, 6.45) is 13.6. The molecule has 2 heteroatoms. The monoisotopic (exact) mass is 820 g/mol. The second-order valence-electron chi connectivity index (χ2n) is 20.4. The fourth-order valence-corrected chi connectivity index (χ4v) is 14.2. The van der Waals surface area contributed by atoms with E-state index in [9.17, 15) is 0 Å². The molecule has 0 saturated heterocycles. The van der Waals surface area contributed by atoms with E-state index < -0.39 is 0 Å². The molecular weight excluding hydrogens is 761 g/mol. The number of rotatable bonds is 9. The van der Waals surface area contributed by atoms with E-state index in [0.717, 1.165) is 11.8 Å². The Morgan fingerprint density at radius 2 is 0.889 bits per heavy atom. The van der Waals surface area contributed by atoms with Gasteiger partial charge in [0, 0.05) is 39.3 Å². The highest BCUT2D eigenvalue weighted by Gasteiger charge is 2.58. The van der Waals surface area contributed by atoms with Gasteiger partial charge in [-0.25, -0.2) is 0 Å². The molecule has 0 unspecified atom stereocenters. The average Bonchev–Trinajstić information content (AvgIpc) is 3.57. The van der Waals surface area contributed by atoms with Crippen LogP contribution in [0.25, 0.3) is 11.1 Å². The van der Waals surface area contributed by atoms with Crippen LogP contribution in [0.1, 0.15) is 112 Å². The van der Waals surface area contributed by atoms with E-state index in [2.05, 4.69) is 200 Å². The first-order chi connectivity index (χ1) is 31.0. The molecule has 0 radical (unpaired) electrons. The predicted octanol–water partition coefficient (Wildman–Crippen LogP) is 16.7. The van der Waals surface area contributed by atoms with Gasteiger partial charge in [0.25, 0.3) is 0 Å². The second-order valence-corrected chi connectivity index (χ2v) is 20.4. The van der Waals surface area contributed by atoms with Crippen LogP contribution in [0.4, 0.5) is 34.1 Å². The van der Waals surface area contributed by atoms with E-state index >= 15 is 0 Å². The summed E-state index contributed by atoms with van der Waals surface area (Å²) in [6, 6.07) is 67.4. The molecular formula is C61H60N2. The normalized spacial score (nSPS) is 24.2. The molecule has 7 aromatic rings. The van der Waals surface area contributed by atoms with Gasteiger partial charge in [-0.3, -0.25) is 0 Å². The molecule has 7 aromatic carbocycles. The van der Waals surface area contributed by atoms with Gasteiger partial charge in [-0.2, -0.15) is 0 Å². The van der Waals surface area contributed by atoms with Crippen LogP contribution in [-0.4, -0.2) is 0 Å². The van der Waals surface area contributed by atoms with Crippen LogP contribution in [0.2, 0.25) is 0 Å². The lowest BCUT2D eigenvalue weighted by molar-refractivity contribution is -0.0418. The number of fused-ring (bicyclic) bond motifs is 3. The van der Waals surface area contributed by atoms with Gasteiger partial charge < -0.3 is 9.80 Å². The van der Waals surface area contributed by atoms with E-state index in [0.29, 0.717) is 17.8 Å². The zero-order valence-corrected chi connectivity index (χ0v) is 37.1. The molecule has 6 aliphatic rings. The molecule has 4 bridgehead atoms. The molecule has 314 valence electrons. The molecule has 63 heavy (non-hydrogen) atoms. The molecule has 6 aliphatic carbocycles. The molecule has 2 nitrogen and oxygen atoms in total. The Bertz CT molecular complexity index is 2660. The Morgan fingerprint density at radius 1 is 0.413 bits per heavy atom. The summed E-state index contributed by atoms with van der Waals surface area (Å²) >= 11 is 0. The Hall–Kier alpha value is -5.86. The van der Waals surface area contributed by atoms with Gasteiger partial charge in [0.2, 0.25) is 0 Å². The minimum Gasteiger partial charge on any atom is -0.311 e. The van der Waals surface area contributed by atoms with Crippen LogP contribution in [0, 0.1) is 23.7 Å². The van der Waals surface area contributed by atoms with Crippen molar-refractivity contribution in [3.8, 4) is 11.1 Å². The van der Waals surface area contributed by atoms with Crippen molar-refractivity contribution in [2.45, 2.75) is 94.8 Å². The van der Waals surface area contributed by atoms with Gasteiger partial charge in [0.05, 0.1) is 5.69 Å². The smallest absolute Gasteiger partial charge is 0.0508 e. The Labute approximate surface area is 375 Å². The van der Waals surface area contributed by atoms with Gasteiger partial charge in [0.15, 0.2) is 0 Å². The lowest BCUT2D eigenvalue weighted by Gasteiger charge is -2.62. The molecule has 0 amide bonds. The van der Waals surface area contributed by atoms with Crippen molar-refractivity contribution in [2.75, 3.05) is 9.80 Å². The van der Waals surface area contributed by atoms with Crippen LogP contribution in [0.3, 0.4) is 0 Å². The largest absolute Gasteiger partial charge is 0.311 e. The van der Waals surface area contributed by atoms with Crippen molar-refractivity contribution in [3.63, 3.8) is 0 Å². The predicted molar refractivity (Wildman–Crippen MR) is 263 cm³/mol. The molecule has 0 aliphatic heterocycles. The third-order valence-corrected chi connectivity index (χ3v) is 16.7. The number of anilines is 6. The van der Waals surface area contributed by atoms with Crippen molar-refractivity contribution < 1.29 is 0 Å². The number of hydrogen-bond acceptors (Lipinski definition) is 2. The number of hydrogen-bond donors (Lipinski definition) is 0. The number of nitrogens with zero attached hydrogens (tertiary/aromatic N) is 2. The summed E-state index contributed by atoms with van der Waals surface area (Å²) in [5.41, 5.74) is 17.3. The second kappa shape index (κ2) is 15.4. The SMILES string of the molecule is CC1(C)c2ccccc2-c2cccc(N(c3ccc(C4CCCCC4)cc3)c3ccc(C4(c5ccc(N(c6ccccc6)c6ccccc6)cc5)C5CC6CC(C5)CC4C6)cc3)c21. The lowest BCUT2D eigenvalue weighted by atomic mass is 9.42. The van der Waals surface area contributed by atoms with E-state index in [1.165, 1.54) is 137 Å². The Morgan fingerprint density at radius 3 is 1.46 bits per heavy atom. The molecule has 0 spiro atoms. The first-order valence-corrected chi connectivity index (χ1v) is 24.2. The van der Waals surface area contributed by atoms with Crippen LogP contribution >= 0.6 is 0 Å². The topological polar surface area (TPSA) is 6.48 Å². The van der Waals surface area contributed by atoms with Gasteiger partial charge in [-0.05, 0) is 180 Å². The van der Waals surface area contributed by atoms with E-state index in [4.69, 9.17) is 0 Å². The van der Waals surface area contributed by atoms with Crippen LogP contribution in [-0.2, 0) is 10.8 Å². The molecule has 0 N–H and O–H groups in total. The number of para-hydroxylation sites is 2. The lowest BCUT2D eigenvalue weighted by Crippen LogP contribution is -2.56. The van der Waals surface area contributed by atoms with Crippen molar-refractivity contribution in [1.29, 1.82) is 0 Å². The van der Waals surface area contributed by atoms with Crippen molar-refractivity contribution in [3.05, 3.63) is 204 Å². The van der Waals surface area contributed by atoms with Crippen molar-refractivity contribution in [1.82, 2.24) is 0 Å². The molecule has 5 fully saturated rings. The van der Waals surface area contributed by atoms with E-state index in [-0.39, 0.29) is 10.8 Å². The summed E-state index contributed by atoms with van der Waals surface area (Å²) < 4.78 is 0. The van der Waals surface area contributed by atoms with Crippen molar-refractivity contribution >= 4 is 34.1 Å². The molecule has 0 atom stereocenters. The maximum absolute atomic E-state index is 2.58. The standard InChI is InChI=1S/C61H60N2/c1-60(2)57-23-13-12-21-55(57)56-22-14-24-58(59(56)60)63(53-31-25-45(26-32-53)44-15-6-3-7-16-44)54-35-29-47(30-36-54)61(48-38-42-37-43(40-48)41-49(61)39-42)46-27-33-52(34-28-46)62(50-17-8-4-9-18-50)51-19-10-5-11-20-51/h4-5,8-14,17-36,42-44,48-49H,3,6-7,15-16,37-41H2,1-2H3. The number of benzene rings is 7. The van der Waals surface area contributed by atoms with Crippen molar-refractivity contribution in [2.24, 2.45) is 23.7 Å². The fourth-order valence-electron chi connectivity index (χ4n) is 14.2. The summed E-state index contributed by atoms with van der Waals surface area (Å²) in [4.78, 5) is 4.99. The third kappa shape index (κ3) is 6.34. The Kier molecular flexibility index (Phi) is 9.51. The minimum atomic E-state index is -0.129.